The van der Waals surface area contributed by atoms with E-state index in [0.717, 1.165) is 18.8 Å². The zero-order valence-corrected chi connectivity index (χ0v) is 18.0. The molecule has 1 amide bonds. The second-order valence-corrected chi connectivity index (χ2v) is 9.89. The van der Waals surface area contributed by atoms with Crippen molar-refractivity contribution < 1.29 is 18.1 Å². The van der Waals surface area contributed by atoms with Crippen LogP contribution in [0.4, 0.5) is 5.13 Å². The van der Waals surface area contributed by atoms with Crippen LogP contribution in [0.25, 0.3) is 11.4 Å². The van der Waals surface area contributed by atoms with Crippen molar-refractivity contribution in [2.24, 2.45) is 0 Å². The van der Waals surface area contributed by atoms with Crippen LogP contribution in [-0.4, -0.2) is 61.8 Å². The third kappa shape index (κ3) is 4.41. The van der Waals surface area contributed by atoms with Crippen molar-refractivity contribution in [1.82, 2.24) is 14.3 Å². The number of sulfonamides is 1. The largest absolute Gasteiger partial charge is 0.335 e. The van der Waals surface area contributed by atoms with Gasteiger partial charge in [-0.05, 0) is 30.3 Å². The molecule has 0 aliphatic carbocycles. The Kier molecular flexibility index (Phi) is 5.91. The maximum absolute atomic E-state index is 13.0. The lowest BCUT2D eigenvalue weighted by Crippen LogP contribution is -3.12. The lowest BCUT2D eigenvalue weighted by atomic mass is 10.2. The monoisotopic (exact) mass is 444 g/mol. The number of hydrogen-bond donors (Lipinski definition) is 2. The molecule has 0 atom stereocenters. The van der Waals surface area contributed by atoms with Gasteiger partial charge in [0.05, 0.1) is 43.8 Å². The molecule has 2 N–H and O–H groups in total. The van der Waals surface area contributed by atoms with Gasteiger partial charge in [-0.25, -0.2) is 13.4 Å². The molecule has 1 aromatic carbocycles. The second-order valence-electron chi connectivity index (χ2n) is 7.10. The average molecular weight is 445 g/mol. The quantitative estimate of drug-likeness (QED) is 0.612. The summed E-state index contributed by atoms with van der Waals surface area (Å²) in [4.78, 5) is 22.8. The summed E-state index contributed by atoms with van der Waals surface area (Å²) in [5, 5.41) is 4.98. The minimum Gasteiger partial charge on any atom is -0.335 e. The van der Waals surface area contributed by atoms with Crippen LogP contribution >= 0.6 is 11.3 Å². The number of quaternary nitrogens is 1. The zero-order chi connectivity index (χ0) is 21.1. The number of carbonyl (C=O) groups is 1. The summed E-state index contributed by atoms with van der Waals surface area (Å²) in [5.74, 6) is -0.406. The average Bonchev–Trinajstić information content (AvgIpc) is 3.23. The number of hydrogen-bond acceptors (Lipinski definition) is 6. The van der Waals surface area contributed by atoms with E-state index in [1.54, 1.807) is 18.3 Å². The Hall–Kier alpha value is -2.66. The van der Waals surface area contributed by atoms with E-state index >= 15 is 0 Å². The molecule has 3 heterocycles. The first-order valence-electron chi connectivity index (χ1n) is 9.53. The van der Waals surface area contributed by atoms with Crippen molar-refractivity contribution >= 4 is 32.4 Å². The predicted molar refractivity (Wildman–Crippen MR) is 115 cm³/mol. The molecule has 30 heavy (non-hydrogen) atoms. The summed E-state index contributed by atoms with van der Waals surface area (Å²) < 4.78 is 27.4. The van der Waals surface area contributed by atoms with Gasteiger partial charge in [0.25, 0.3) is 5.91 Å². The summed E-state index contributed by atoms with van der Waals surface area (Å²) in [7, 11) is -1.58. The predicted octanol–water partition coefficient (Wildman–Crippen LogP) is 0.976. The molecule has 0 radical (unpaired) electrons. The van der Waals surface area contributed by atoms with Crippen molar-refractivity contribution in [2.75, 3.05) is 38.5 Å². The van der Waals surface area contributed by atoms with E-state index in [-0.39, 0.29) is 10.5 Å². The van der Waals surface area contributed by atoms with Gasteiger partial charge in [-0.2, -0.15) is 4.31 Å². The molecule has 3 aromatic rings. The van der Waals surface area contributed by atoms with E-state index in [1.807, 2.05) is 30.6 Å². The number of nitrogens with zero attached hydrogens (tertiary/aromatic N) is 3. The van der Waals surface area contributed by atoms with E-state index in [9.17, 15) is 13.2 Å². The van der Waals surface area contributed by atoms with Gasteiger partial charge in [0.15, 0.2) is 5.13 Å². The molecule has 8 nitrogen and oxygen atoms in total. The van der Waals surface area contributed by atoms with Gasteiger partial charge in [-0.1, -0.05) is 12.1 Å². The molecule has 1 fully saturated rings. The number of anilines is 1. The van der Waals surface area contributed by atoms with Crippen LogP contribution in [-0.2, 0) is 10.0 Å². The van der Waals surface area contributed by atoms with Gasteiger partial charge < -0.3 is 4.90 Å². The fourth-order valence-electron chi connectivity index (χ4n) is 3.19. The van der Waals surface area contributed by atoms with Crippen molar-refractivity contribution in [3.05, 3.63) is 59.6 Å². The molecule has 1 aliphatic heterocycles. The van der Waals surface area contributed by atoms with E-state index < -0.39 is 15.9 Å². The van der Waals surface area contributed by atoms with E-state index in [1.165, 1.54) is 32.7 Å². The Balaban J connectivity index is 1.50. The van der Waals surface area contributed by atoms with Crippen LogP contribution in [0, 0.1) is 0 Å². The highest BCUT2D eigenvalue weighted by atomic mass is 32.2. The van der Waals surface area contributed by atoms with Crippen LogP contribution in [0.15, 0.2) is 58.9 Å². The molecule has 0 bridgehead atoms. The molecule has 1 saturated heterocycles. The zero-order valence-electron chi connectivity index (χ0n) is 16.4. The minimum atomic E-state index is -3.63. The summed E-state index contributed by atoms with van der Waals surface area (Å²) >= 11 is 1.29. The lowest BCUT2D eigenvalue weighted by molar-refractivity contribution is -0.883. The van der Waals surface area contributed by atoms with Gasteiger partial charge >= 0.3 is 0 Å². The van der Waals surface area contributed by atoms with Gasteiger partial charge in [-0.3, -0.25) is 15.1 Å². The van der Waals surface area contributed by atoms with Gasteiger partial charge in [0.1, 0.15) is 5.69 Å². The number of aromatic nitrogens is 2. The van der Waals surface area contributed by atoms with Gasteiger partial charge in [0.2, 0.25) is 10.0 Å². The summed E-state index contributed by atoms with van der Waals surface area (Å²) in [6.07, 6.45) is 1.68. The topological polar surface area (TPSA) is 96.7 Å². The lowest BCUT2D eigenvalue weighted by Gasteiger charge is -2.29. The summed E-state index contributed by atoms with van der Waals surface area (Å²) in [6, 6.07) is 11.7. The fraction of sp³-hybridized carbons (Fsp3) is 0.250. The third-order valence-corrected chi connectivity index (χ3v) is 7.61. The molecule has 10 heteroatoms. The number of benzene rings is 1. The highest BCUT2D eigenvalue weighted by Gasteiger charge is 2.29. The molecule has 0 unspecified atom stereocenters. The molecule has 4 rings (SSSR count). The Morgan fingerprint density at radius 3 is 2.67 bits per heavy atom. The first-order valence-corrected chi connectivity index (χ1v) is 11.9. The molecular formula is C20H22N5O3S2+. The number of thiazole rings is 1. The van der Waals surface area contributed by atoms with Gasteiger partial charge in [0, 0.05) is 17.1 Å². The van der Waals surface area contributed by atoms with Crippen LogP contribution in [0.1, 0.15) is 10.4 Å². The van der Waals surface area contributed by atoms with Crippen LogP contribution in [0.3, 0.4) is 0 Å². The second kappa shape index (κ2) is 8.60. The summed E-state index contributed by atoms with van der Waals surface area (Å²) in [5.41, 5.74) is 1.66. The van der Waals surface area contributed by atoms with Crippen LogP contribution < -0.4 is 10.2 Å². The molecule has 2 aromatic heterocycles. The molecule has 0 saturated carbocycles. The summed E-state index contributed by atoms with van der Waals surface area (Å²) in [6.45, 7) is 2.48. The molecule has 1 aliphatic rings. The van der Waals surface area contributed by atoms with Crippen molar-refractivity contribution in [3.63, 3.8) is 0 Å². The van der Waals surface area contributed by atoms with Crippen molar-refractivity contribution in [1.29, 1.82) is 0 Å². The highest BCUT2D eigenvalue weighted by Crippen LogP contribution is 2.24. The maximum atomic E-state index is 13.0. The smallest absolute Gasteiger partial charge is 0.257 e. The molecule has 0 spiro atoms. The first kappa shape index (κ1) is 20.6. The van der Waals surface area contributed by atoms with E-state index in [4.69, 9.17) is 0 Å². The number of likely N-dealkylation sites (N-methyl/N-ethyl adjacent to an activating group) is 1. The fourth-order valence-corrected chi connectivity index (χ4v) is 5.37. The highest BCUT2D eigenvalue weighted by molar-refractivity contribution is 7.89. The van der Waals surface area contributed by atoms with E-state index in [2.05, 4.69) is 15.3 Å². The number of rotatable bonds is 5. The Bertz CT molecular complexity index is 1140. The minimum absolute atomic E-state index is 0.128. The van der Waals surface area contributed by atoms with Crippen LogP contribution in [0.5, 0.6) is 0 Å². The molecular weight excluding hydrogens is 422 g/mol. The maximum Gasteiger partial charge on any atom is 0.257 e. The number of nitrogens with one attached hydrogen (secondary N) is 2. The number of carbonyl (C=O) groups excluding carboxylic acids is 1. The number of piperazine rings is 1. The Morgan fingerprint density at radius 1 is 1.13 bits per heavy atom. The molecule has 156 valence electrons. The first-order chi connectivity index (χ1) is 14.4. The third-order valence-electron chi connectivity index (χ3n) is 4.96. The standard InChI is InChI=1S/C20H21N5O3S2/c1-24-9-11-25(12-10-24)30(27,28)16-6-4-5-15(13-16)19(26)23-20-22-18(14-29-20)17-7-2-3-8-21-17/h2-8,13-14H,9-12H2,1H3,(H,22,23,26)/p+1. The normalized spacial score (nSPS) is 15.8. The van der Waals surface area contributed by atoms with Crippen molar-refractivity contribution in [2.45, 2.75) is 4.90 Å². The Morgan fingerprint density at radius 2 is 1.93 bits per heavy atom. The SMILES string of the molecule is C[NH+]1CCN(S(=O)(=O)c2cccc(C(=O)Nc3nc(-c4ccccn4)cs3)c2)CC1. The van der Waals surface area contributed by atoms with Crippen molar-refractivity contribution in [3.8, 4) is 11.4 Å². The van der Waals surface area contributed by atoms with Gasteiger partial charge in [-0.15, -0.1) is 11.3 Å². The number of amides is 1. The number of pyridine rings is 1. The Labute approximate surface area is 179 Å². The van der Waals surface area contributed by atoms with Crippen LogP contribution in [0.2, 0.25) is 0 Å². The van der Waals surface area contributed by atoms with E-state index in [0.29, 0.717) is 23.9 Å².